The van der Waals surface area contributed by atoms with Crippen LogP contribution in [0.3, 0.4) is 0 Å². The summed E-state index contributed by atoms with van der Waals surface area (Å²) in [5.74, 6) is 0.00710. The predicted molar refractivity (Wildman–Crippen MR) is 133 cm³/mol. The Morgan fingerprint density at radius 3 is 2.78 bits per heavy atom. The van der Waals surface area contributed by atoms with Gasteiger partial charge in [-0.2, -0.15) is 10.1 Å². The fraction of sp³-hybridized carbons (Fsp3) is 0.304. The standard InChI is InChI=1S/C23H25ClN6O6/c1-4-34-20(31)9-10-29(14-18-6-5-11-35-18)22-21(30(32)33)23(26-15-25-22)36-19-8-7-17(24)12-16(19)13-27-28(2)3/h5-8,11-13,15H,4,9-10,14H2,1-3H3. The number of carbonyl (C=O) groups excluding carboxylic acids is 1. The van der Waals surface area contributed by atoms with Gasteiger partial charge in [-0.05, 0) is 37.3 Å². The van der Waals surface area contributed by atoms with Crippen molar-refractivity contribution >= 4 is 35.3 Å². The molecule has 0 aliphatic carbocycles. The zero-order valence-electron chi connectivity index (χ0n) is 20.0. The van der Waals surface area contributed by atoms with E-state index in [1.807, 2.05) is 0 Å². The third-order valence-electron chi connectivity index (χ3n) is 4.68. The van der Waals surface area contributed by atoms with Gasteiger partial charge in [0.2, 0.25) is 5.82 Å². The number of nitro groups is 1. The number of ether oxygens (including phenoxy) is 2. The summed E-state index contributed by atoms with van der Waals surface area (Å²) in [5.41, 5.74) is 0.0128. The van der Waals surface area contributed by atoms with E-state index in [0.717, 1.165) is 6.33 Å². The molecule has 2 aromatic heterocycles. The summed E-state index contributed by atoms with van der Waals surface area (Å²) in [4.78, 5) is 33.2. The van der Waals surface area contributed by atoms with Crippen molar-refractivity contribution in [2.24, 2.45) is 5.10 Å². The summed E-state index contributed by atoms with van der Waals surface area (Å²) in [6.45, 7) is 2.12. The molecule has 0 saturated heterocycles. The van der Waals surface area contributed by atoms with E-state index in [9.17, 15) is 14.9 Å². The fourth-order valence-electron chi connectivity index (χ4n) is 3.12. The second kappa shape index (κ2) is 12.5. The smallest absolute Gasteiger partial charge is 0.373 e. The lowest BCUT2D eigenvalue weighted by molar-refractivity contribution is -0.385. The van der Waals surface area contributed by atoms with Gasteiger partial charge in [-0.1, -0.05) is 11.6 Å². The number of hydrogen-bond acceptors (Lipinski definition) is 11. The quantitative estimate of drug-likeness (QED) is 0.148. The Morgan fingerprint density at radius 1 is 1.31 bits per heavy atom. The summed E-state index contributed by atoms with van der Waals surface area (Å²) in [6.07, 6.45) is 4.13. The van der Waals surface area contributed by atoms with Crippen molar-refractivity contribution in [3.63, 3.8) is 0 Å². The van der Waals surface area contributed by atoms with E-state index in [0.29, 0.717) is 16.3 Å². The molecule has 0 radical (unpaired) electrons. The van der Waals surface area contributed by atoms with Crippen molar-refractivity contribution in [3.05, 3.63) is 69.4 Å². The maximum Gasteiger partial charge on any atom is 0.373 e. The molecule has 3 aromatic rings. The molecular formula is C23H25ClN6O6. The highest BCUT2D eigenvalue weighted by molar-refractivity contribution is 6.30. The molecule has 0 spiro atoms. The Labute approximate surface area is 212 Å². The molecule has 190 valence electrons. The van der Waals surface area contributed by atoms with Crippen molar-refractivity contribution < 1.29 is 23.6 Å². The van der Waals surface area contributed by atoms with Gasteiger partial charge < -0.3 is 23.8 Å². The SMILES string of the molecule is CCOC(=O)CCN(Cc1ccco1)c1ncnc(Oc2ccc(Cl)cc2C=NN(C)C)c1[N+](=O)[O-]. The number of esters is 1. The monoisotopic (exact) mass is 516 g/mol. The lowest BCUT2D eigenvalue weighted by Crippen LogP contribution is -2.28. The summed E-state index contributed by atoms with van der Waals surface area (Å²) in [6, 6.07) is 8.16. The van der Waals surface area contributed by atoms with E-state index in [-0.39, 0.29) is 43.6 Å². The van der Waals surface area contributed by atoms with Crippen molar-refractivity contribution in [2.75, 3.05) is 32.1 Å². The lowest BCUT2D eigenvalue weighted by Gasteiger charge is -2.22. The van der Waals surface area contributed by atoms with Crippen LogP contribution in [0.5, 0.6) is 11.6 Å². The van der Waals surface area contributed by atoms with Crippen LogP contribution < -0.4 is 9.64 Å². The average Bonchev–Trinajstić information content (AvgIpc) is 3.35. The van der Waals surface area contributed by atoms with Crippen LogP contribution in [0, 0.1) is 10.1 Å². The normalized spacial score (nSPS) is 10.9. The molecule has 13 heteroatoms. The average molecular weight is 517 g/mol. The molecule has 0 aliphatic heterocycles. The molecule has 12 nitrogen and oxygen atoms in total. The van der Waals surface area contributed by atoms with Crippen molar-refractivity contribution in [3.8, 4) is 11.6 Å². The highest BCUT2D eigenvalue weighted by atomic mass is 35.5. The van der Waals surface area contributed by atoms with Gasteiger partial charge in [0, 0.05) is 31.2 Å². The Kier molecular flexibility index (Phi) is 9.17. The second-order valence-corrected chi connectivity index (χ2v) is 7.98. The first-order valence-electron chi connectivity index (χ1n) is 10.9. The minimum absolute atomic E-state index is 0.0196. The number of furan rings is 1. The van der Waals surface area contributed by atoms with Crippen LogP contribution in [-0.4, -0.2) is 59.3 Å². The number of benzene rings is 1. The van der Waals surface area contributed by atoms with Crippen LogP contribution in [-0.2, 0) is 16.1 Å². The Morgan fingerprint density at radius 2 is 2.11 bits per heavy atom. The third kappa shape index (κ3) is 7.15. The first kappa shape index (κ1) is 26.4. The molecule has 3 rings (SSSR count). The molecule has 0 unspecified atom stereocenters. The summed E-state index contributed by atoms with van der Waals surface area (Å²) < 4.78 is 16.3. The predicted octanol–water partition coefficient (Wildman–Crippen LogP) is 4.28. The molecule has 0 aliphatic rings. The molecule has 0 amide bonds. The molecule has 2 heterocycles. The van der Waals surface area contributed by atoms with Gasteiger partial charge in [-0.3, -0.25) is 14.9 Å². The number of hydrogen-bond donors (Lipinski definition) is 0. The van der Waals surface area contributed by atoms with Gasteiger partial charge in [0.1, 0.15) is 17.8 Å². The highest BCUT2D eigenvalue weighted by Crippen LogP contribution is 2.38. The van der Waals surface area contributed by atoms with Gasteiger partial charge >= 0.3 is 17.5 Å². The molecule has 0 bridgehead atoms. The number of rotatable bonds is 12. The van der Waals surface area contributed by atoms with Gasteiger partial charge in [0.05, 0.1) is 37.0 Å². The maximum absolute atomic E-state index is 12.2. The van der Waals surface area contributed by atoms with Crippen molar-refractivity contribution in [1.29, 1.82) is 0 Å². The number of nitrogens with zero attached hydrogens (tertiary/aromatic N) is 6. The highest BCUT2D eigenvalue weighted by Gasteiger charge is 2.30. The second-order valence-electron chi connectivity index (χ2n) is 7.54. The minimum Gasteiger partial charge on any atom is -0.467 e. The topological polar surface area (TPSA) is 136 Å². The zero-order valence-corrected chi connectivity index (χ0v) is 20.7. The van der Waals surface area contributed by atoms with E-state index in [1.165, 1.54) is 12.5 Å². The van der Waals surface area contributed by atoms with Crippen molar-refractivity contribution in [2.45, 2.75) is 19.9 Å². The summed E-state index contributed by atoms with van der Waals surface area (Å²) in [5, 5.41) is 18.4. The number of aromatic nitrogens is 2. The Bertz CT molecular complexity index is 1220. The lowest BCUT2D eigenvalue weighted by atomic mass is 10.2. The van der Waals surface area contributed by atoms with Gasteiger partial charge in [0.15, 0.2) is 0 Å². The number of carbonyl (C=O) groups is 1. The van der Waals surface area contributed by atoms with Gasteiger partial charge in [0.25, 0.3) is 0 Å². The Balaban J connectivity index is 2.01. The van der Waals surface area contributed by atoms with Crippen molar-refractivity contribution in [1.82, 2.24) is 15.0 Å². The molecule has 0 saturated carbocycles. The maximum atomic E-state index is 12.2. The third-order valence-corrected chi connectivity index (χ3v) is 4.91. The number of halogens is 1. The van der Waals surface area contributed by atoms with Gasteiger partial charge in [-0.25, -0.2) is 4.98 Å². The molecule has 0 atom stereocenters. The summed E-state index contributed by atoms with van der Waals surface area (Å²) in [7, 11) is 3.49. The molecule has 0 N–H and O–H groups in total. The van der Waals surface area contributed by atoms with Crippen LogP contribution in [0.1, 0.15) is 24.7 Å². The van der Waals surface area contributed by atoms with E-state index >= 15 is 0 Å². The Hall–Kier alpha value is -4.19. The number of anilines is 1. The fourth-order valence-corrected chi connectivity index (χ4v) is 3.31. The van der Waals surface area contributed by atoms with Crippen LogP contribution in [0.2, 0.25) is 5.02 Å². The summed E-state index contributed by atoms with van der Waals surface area (Å²) >= 11 is 6.12. The van der Waals surface area contributed by atoms with Crippen LogP contribution in [0.25, 0.3) is 0 Å². The van der Waals surface area contributed by atoms with E-state index in [4.69, 9.17) is 25.5 Å². The first-order valence-corrected chi connectivity index (χ1v) is 11.3. The molecular weight excluding hydrogens is 492 g/mol. The molecule has 1 aromatic carbocycles. The van der Waals surface area contributed by atoms with Gasteiger partial charge in [-0.15, -0.1) is 0 Å². The minimum atomic E-state index is -0.631. The van der Waals surface area contributed by atoms with E-state index < -0.39 is 16.6 Å². The van der Waals surface area contributed by atoms with Crippen LogP contribution >= 0.6 is 11.6 Å². The van der Waals surface area contributed by atoms with E-state index in [1.54, 1.807) is 61.3 Å². The van der Waals surface area contributed by atoms with Crippen LogP contribution in [0.4, 0.5) is 11.5 Å². The largest absolute Gasteiger partial charge is 0.467 e. The van der Waals surface area contributed by atoms with Crippen LogP contribution in [0.15, 0.2) is 52.4 Å². The number of hydrazone groups is 1. The molecule has 0 fully saturated rings. The zero-order chi connectivity index (χ0) is 26.1. The molecule has 36 heavy (non-hydrogen) atoms. The first-order chi connectivity index (χ1) is 17.3. The van der Waals surface area contributed by atoms with E-state index in [2.05, 4.69) is 15.1 Å².